The molecule has 20 nitrogen and oxygen atoms in total. The lowest BCUT2D eigenvalue weighted by atomic mass is 10.1. The van der Waals surface area contributed by atoms with Gasteiger partial charge in [0.2, 0.25) is 35.1 Å². The van der Waals surface area contributed by atoms with Crippen molar-refractivity contribution < 1.29 is 31.6 Å². The number of nitrogens with one attached hydrogen (secondary N) is 2. The number of halogens is 1. The molecule has 99 heavy (non-hydrogen) atoms. The molecule has 0 spiro atoms. The van der Waals surface area contributed by atoms with E-state index in [1.807, 2.05) is 91.1 Å². The first-order valence-electron chi connectivity index (χ1n) is 31.4. The second kappa shape index (κ2) is 37.1. The number of aryl methyl sites for hydroxylation is 1. The Bertz CT molecular complexity index is 4660. The Labute approximate surface area is 589 Å². The van der Waals surface area contributed by atoms with Crippen LogP contribution >= 0.6 is 47.0 Å². The minimum atomic E-state index is -0.403. The first kappa shape index (κ1) is 71.1. The van der Waals surface area contributed by atoms with E-state index in [4.69, 9.17) is 17.7 Å². The molecule has 2 N–H and O–H groups in total. The number of fused-ring (bicyclic) bond motifs is 1. The molecule has 0 saturated carbocycles. The largest absolute Gasteiger partial charge is 0.461 e. The molecule has 504 valence electrons. The lowest BCUT2D eigenvalue weighted by Gasteiger charge is -2.08. The van der Waals surface area contributed by atoms with Gasteiger partial charge in [0.1, 0.15) is 5.82 Å². The number of anilines is 2. The van der Waals surface area contributed by atoms with Crippen LogP contribution in [-0.4, -0.2) is 82.4 Å². The molecule has 8 aromatic heterocycles. The SMILES string of the molecule is C=CCn1c(SCC(=O)Nc2ccc(CCCC)cc2)nnc1-c1ccco1.C=CCn1c(SCC(=O)Nc2cccc(F)c2)nnc1-c1ccco1.C=CCn1c(SCc2cccc3ccccc23)nnc1-c1ccco1.C=CCn1c(SCc2ccccc2)nnc1-c1ccco1. The molecule has 13 rings (SSSR count). The van der Waals surface area contributed by atoms with Crippen molar-refractivity contribution in [2.75, 3.05) is 22.1 Å². The van der Waals surface area contributed by atoms with Crippen LogP contribution in [0.15, 0.2) is 284 Å². The van der Waals surface area contributed by atoms with Crippen molar-refractivity contribution in [3.63, 3.8) is 0 Å². The summed E-state index contributed by atoms with van der Waals surface area (Å²) in [5.41, 5.74) is 5.05. The number of carbonyl (C=O) groups excluding carboxylic acids is 2. The first-order valence-corrected chi connectivity index (χ1v) is 35.3. The Morgan fingerprint density at radius 3 is 1.31 bits per heavy atom. The van der Waals surface area contributed by atoms with Gasteiger partial charge >= 0.3 is 0 Å². The van der Waals surface area contributed by atoms with Crippen LogP contribution in [0.1, 0.15) is 36.5 Å². The number of nitrogens with zero attached hydrogens (tertiary/aromatic N) is 12. The number of thioether (sulfide) groups is 4. The second-order valence-electron chi connectivity index (χ2n) is 21.4. The maximum absolute atomic E-state index is 13.1. The number of amides is 2. The van der Waals surface area contributed by atoms with Crippen molar-refractivity contribution in [2.24, 2.45) is 0 Å². The Hall–Kier alpha value is -10.7. The number of hydrogen-bond acceptors (Lipinski definition) is 18. The highest BCUT2D eigenvalue weighted by atomic mass is 32.2. The average molecular weight is 1400 g/mol. The lowest BCUT2D eigenvalue weighted by Crippen LogP contribution is -2.14. The molecule has 13 aromatic rings. The average Bonchev–Trinajstić information content (AvgIpc) is 1.84. The lowest BCUT2D eigenvalue weighted by molar-refractivity contribution is -0.114. The monoisotopic (exact) mass is 1400 g/mol. The van der Waals surface area contributed by atoms with Gasteiger partial charge in [0.05, 0.1) is 36.6 Å². The molecule has 0 unspecified atom stereocenters. The molecule has 0 bridgehead atoms. The fraction of sp³-hybridized carbons (Fsp3) is 0.162. The molecule has 0 aliphatic carbocycles. The van der Waals surface area contributed by atoms with Gasteiger partial charge in [-0.2, -0.15) is 0 Å². The minimum absolute atomic E-state index is 0.0843. The van der Waals surface area contributed by atoms with Crippen molar-refractivity contribution in [1.82, 2.24) is 59.1 Å². The molecule has 25 heteroatoms. The smallest absolute Gasteiger partial charge is 0.234 e. The molecule has 0 fully saturated rings. The molecule has 0 radical (unpaired) electrons. The molecule has 0 atom stereocenters. The second-order valence-corrected chi connectivity index (χ2v) is 25.2. The highest BCUT2D eigenvalue weighted by Crippen LogP contribution is 2.32. The van der Waals surface area contributed by atoms with Crippen LogP contribution in [0.4, 0.5) is 15.8 Å². The highest BCUT2D eigenvalue weighted by Gasteiger charge is 2.21. The number of hydrogen-bond donors (Lipinski definition) is 2. The van der Waals surface area contributed by atoms with Gasteiger partial charge in [0.15, 0.2) is 43.7 Å². The van der Waals surface area contributed by atoms with Crippen LogP contribution < -0.4 is 10.6 Å². The molecule has 0 saturated heterocycles. The van der Waals surface area contributed by atoms with Gasteiger partial charge in [-0.3, -0.25) is 27.9 Å². The molecule has 0 aliphatic rings. The van der Waals surface area contributed by atoms with Crippen LogP contribution in [-0.2, 0) is 53.7 Å². The number of unbranched alkanes of at least 4 members (excludes halogenated alkanes) is 1. The van der Waals surface area contributed by atoms with E-state index in [-0.39, 0.29) is 23.3 Å². The molecule has 8 heterocycles. The molecular formula is C74H71FN14O6S4. The number of allylic oxidation sites excluding steroid dienone is 4. The number of furan rings is 4. The first-order chi connectivity index (χ1) is 48.6. The van der Waals surface area contributed by atoms with E-state index in [1.165, 1.54) is 82.0 Å². The van der Waals surface area contributed by atoms with Crippen LogP contribution in [0.5, 0.6) is 0 Å². The van der Waals surface area contributed by atoms with Gasteiger partial charge < -0.3 is 28.3 Å². The zero-order chi connectivity index (χ0) is 69.0. The Morgan fingerprint density at radius 1 is 0.444 bits per heavy atom. The van der Waals surface area contributed by atoms with E-state index in [2.05, 4.69) is 151 Å². The number of aromatic nitrogens is 12. The zero-order valence-electron chi connectivity index (χ0n) is 54.2. The summed E-state index contributed by atoms with van der Waals surface area (Å²) in [4.78, 5) is 24.4. The fourth-order valence-electron chi connectivity index (χ4n) is 9.75. The van der Waals surface area contributed by atoms with Crippen molar-refractivity contribution in [1.29, 1.82) is 0 Å². The third-order valence-electron chi connectivity index (χ3n) is 14.4. The van der Waals surface area contributed by atoms with Gasteiger partial charge in [0.25, 0.3) is 0 Å². The number of benzene rings is 5. The third kappa shape index (κ3) is 20.0. The van der Waals surface area contributed by atoms with Crippen LogP contribution in [0.25, 0.3) is 57.1 Å². The van der Waals surface area contributed by atoms with Gasteiger partial charge in [-0.05, 0) is 119 Å². The maximum Gasteiger partial charge on any atom is 0.234 e. The van der Waals surface area contributed by atoms with Crippen molar-refractivity contribution in [2.45, 2.75) is 84.5 Å². The van der Waals surface area contributed by atoms with Gasteiger partial charge in [-0.1, -0.05) is 176 Å². The van der Waals surface area contributed by atoms with Crippen LogP contribution in [0, 0.1) is 5.82 Å². The quantitative estimate of drug-likeness (QED) is 0.0328. The van der Waals surface area contributed by atoms with Crippen molar-refractivity contribution in [3.8, 4) is 46.3 Å². The standard InChI is InChI=1S/C21H24N4O2S.C20H17N3OS.C17H15FN4O2S.C16H15N3OS/c1-3-5-7-16-9-11-17(12-10-16)22-19(26)15-28-21-24-23-20(25(21)13-4-2)18-8-6-14-27-18;1-2-12-23-19(18-11-6-13-24-18)21-22-20(23)25-14-16-9-5-8-15-7-3-4-10-17(15)16;1-2-8-22-16(14-7-4-9-24-14)20-21-17(22)25-11-15(23)19-13-6-3-5-12(18)10-13;1-2-10-19-15(14-9-6-11-20-14)17-18-16(19)21-12-13-7-4-3-5-8-13/h4,6,8-12,14H,2-3,5,7,13,15H2,1H3,(H,22,26);2-11,13H,1,12,14H2;2-7,9-10H,1,8,11H2,(H,19,23);2-9,11H,1,10,12H2. The molecular weight excluding hydrogens is 1330 g/mol. The fourth-order valence-corrected chi connectivity index (χ4v) is 13.1. The molecule has 5 aromatic carbocycles. The van der Waals surface area contributed by atoms with E-state index in [1.54, 1.807) is 85.0 Å². The topological polar surface area (TPSA) is 234 Å². The third-order valence-corrected chi connectivity index (χ3v) is 18.3. The summed E-state index contributed by atoms with van der Waals surface area (Å²) in [7, 11) is 0. The molecule has 2 amide bonds. The summed E-state index contributed by atoms with van der Waals surface area (Å²) in [6.07, 6.45) is 17.0. The van der Waals surface area contributed by atoms with Gasteiger partial charge in [-0.25, -0.2) is 4.39 Å². The summed E-state index contributed by atoms with van der Waals surface area (Å²) in [6.45, 7) is 19.6. The number of rotatable bonds is 29. The minimum Gasteiger partial charge on any atom is -0.461 e. The Balaban J connectivity index is 0.000000143. The van der Waals surface area contributed by atoms with E-state index in [0.717, 1.165) is 51.3 Å². The van der Waals surface area contributed by atoms with Crippen molar-refractivity contribution >= 4 is 81.0 Å². The van der Waals surface area contributed by atoms with Gasteiger partial charge in [0, 0.05) is 49.1 Å². The maximum atomic E-state index is 13.1. The summed E-state index contributed by atoms with van der Waals surface area (Å²) in [6, 6.07) is 53.6. The highest BCUT2D eigenvalue weighted by molar-refractivity contribution is 8.00. The van der Waals surface area contributed by atoms with Crippen molar-refractivity contribution in [3.05, 3.63) is 268 Å². The Morgan fingerprint density at radius 2 is 0.869 bits per heavy atom. The summed E-state index contributed by atoms with van der Waals surface area (Å²) in [5, 5.41) is 44.8. The van der Waals surface area contributed by atoms with E-state index in [9.17, 15) is 14.0 Å². The predicted molar refractivity (Wildman–Crippen MR) is 391 cm³/mol. The summed E-state index contributed by atoms with van der Waals surface area (Å²) in [5.74, 6) is 6.59. The Kier molecular flexibility index (Phi) is 26.6. The van der Waals surface area contributed by atoms with E-state index < -0.39 is 5.82 Å². The van der Waals surface area contributed by atoms with E-state index >= 15 is 0 Å². The zero-order valence-corrected chi connectivity index (χ0v) is 57.5. The van der Waals surface area contributed by atoms with Crippen LogP contribution in [0.3, 0.4) is 0 Å². The number of carbonyl (C=O) groups is 2. The van der Waals surface area contributed by atoms with E-state index in [0.29, 0.717) is 71.1 Å². The summed E-state index contributed by atoms with van der Waals surface area (Å²) >= 11 is 5.90. The molecule has 0 aliphatic heterocycles. The predicted octanol–water partition coefficient (Wildman–Crippen LogP) is 17.6. The van der Waals surface area contributed by atoms with Gasteiger partial charge in [-0.15, -0.1) is 67.1 Å². The normalized spacial score (nSPS) is 10.8. The summed E-state index contributed by atoms with van der Waals surface area (Å²) < 4.78 is 42.5. The van der Waals surface area contributed by atoms with Crippen LogP contribution in [0.2, 0.25) is 0 Å².